The normalized spacial score (nSPS) is 36.9. The van der Waals surface area contributed by atoms with Gasteiger partial charge in [-0.05, 0) is 12.3 Å². The van der Waals surface area contributed by atoms with Gasteiger partial charge in [-0.15, -0.1) is 0 Å². The zero-order chi connectivity index (χ0) is 8.55. The van der Waals surface area contributed by atoms with Gasteiger partial charge in [0, 0.05) is 32.0 Å². The molecule has 0 aliphatic carbocycles. The molecule has 0 spiro atoms. The van der Waals surface area contributed by atoms with E-state index in [9.17, 15) is 4.79 Å². The predicted octanol–water partition coefficient (Wildman–Crippen LogP) is 1.45. The fourth-order valence-corrected chi connectivity index (χ4v) is 2.50. The van der Waals surface area contributed by atoms with Crippen LogP contribution in [0.4, 0.5) is 0 Å². The Morgan fingerprint density at radius 2 is 2.42 bits per heavy atom. The van der Waals surface area contributed by atoms with Gasteiger partial charge in [-0.25, -0.2) is 0 Å². The standard InChI is InChI=1S/C10H17NO/c1-2-8-5-9-6-10(12)3-4-11(9)7-8/h8-9H,2-7H2,1H3. The SMILES string of the molecule is CCC1CC2CC(=O)CCN2C1. The number of hydrogen-bond donors (Lipinski definition) is 0. The fourth-order valence-electron chi connectivity index (χ4n) is 2.50. The van der Waals surface area contributed by atoms with Gasteiger partial charge in [-0.3, -0.25) is 9.69 Å². The maximum Gasteiger partial charge on any atom is 0.135 e. The van der Waals surface area contributed by atoms with Gasteiger partial charge >= 0.3 is 0 Å². The van der Waals surface area contributed by atoms with Crippen LogP contribution in [-0.2, 0) is 4.79 Å². The summed E-state index contributed by atoms with van der Waals surface area (Å²) in [6, 6.07) is 0.608. The number of Topliss-reactive ketones (excluding diaryl/α,β-unsaturated/α-hetero) is 1. The van der Waals surface area contributed by atoms with Gasteiger partial charge in [-0.1, -0.05) is 13.3 Å². The number of fused-ring (bicyclic) bond motifs is 1. The van der Waals surface area contributed by atoms with Gasteiger partial charge in [0.25, 0.3) is 0 Å². The number of hydrogen-bond acceptors (Lipinski definition) is 2. The molecule has 0 saturated carbocycles. The first-order valence-electron chi connectivity index (χ1n) is 5.05. The summed E-state index contributed by atoms with van der Waals surface area (Å²) >= 11 is 0. The van der Waals surface area contributed by atoms with E-state index in [4.69, 9.17) is 0 Å². The average molecular weight is 167 g/mol. The van der Waals surface area contributed by atoms with Crippen molar-refractivity contribution in [3.05, 3.63) is 0 Å². The van der Waals surface area contributed by atoms with Crippen LogP contribution in [0.25, 0.3) is 0 Å². The van der Waals surface area contributed by atoms with E-state index in [2.05, 4.69) is 11.8 Å². The summed E-state index contributed by atoms with van der Waals surface area (Å²) in [5.74, 6) is 1.34. The van der Waals surface area contributed by atoms with E-state index < -0.39 is 0 Å². The first kappa shape index (κ1) is 8.24. The lowest BCUT2D eigenvalue weighted by atomic mass is 9.98. The molecule has 0 radical (unpaired) electrons. The molecule has 12 heavy (non-hydrogen) atoms. The first-order valence-corrected chi connectivity index (χ1v) is 5.05. The fraction of sp³-hybridized carbons (Fsp3) is 0.900. The third-order valence-corrected chi connectivity index (χ3v) is 3.33. The van der Waals surface area contributed by atoms with Crippen molar-refractivity contribution < 1.29 is 4.79 Å². The van der Waals surface area contributed by atoms with Crippen molar-refractivity contribution >= 4 is 5.78 Å². The zero-order valence-corrected chi connectivity index (χ0v) is 7.75. The third kappa shape index (κ3) is 1.40. The lowest BCUT2D eigenvalue weighted by Crippen LogP contribution is -2.38. The Morgan fingerprint density at radius 1 is 1.58 bits per heavy atom. The van der Waals surface area contributed by atoms with Crippen molar-refractivity contribution in [1.82, 2.24) is 4.90 Å². The second kappa shape index (κ2) is 3.17. The van der Waals surface area contributed by atoms with Gasteiger partial charge < -0.3 is 0 Å². The van der Waals surface area contributed by atoms with Crippen LogP contribution < -0.4 is 0 Å². The van der Waals surface area contributed by atoms with E-state index in [-0.39, 0.29) is 0 Å². The van der Waals surface area contributed by atoms with Gasteiger partial charge in [0.15, 0.2) is 0 Å². The molecule has 2 heteroatoms. The van der Waals surface area contributed by atoms with E-state index in [1.54, 1.807) is 0 Å². The lowest BCUT2D eigenvalue weighted by Gasteiger charge is -2.27. The Hall–Kier alpha value is -0.370. The molecule has 2 aliphatic heterocycles. The van der Waals surface area contributed by atoms with Crippen molar-refractivity contribution in [2.24, 2.45) is 5.92 Å². The summed E-state index contributed by atoms with van der Waals surface area (Å²) in [5.41, 5.74) is 0. The molecule has 2 aliphatic rings. The quantitative estimate of drug-likeness (QED) is 0.589. The van der Waals surface area contributed by atoms with Crippen LogP contribution in [0.5, 0.6) is 0 Å². The molecule has 2 nitrogen and oxygen atoms in total. The predicted molar refractivity (Wildman–Crippen MR) is 48.0 cm³/mol. The highest BCUT2D eigenvalue weighted by Gasteiger charge is 2.34. The Labute approximate surface area is 73.9 Å². The molecule has 0 N–H and O–H groups in total. The molecule has 0 amide bonds. The molecule has 2 rings (SSSR count). The van der Waals surface area contributed by atoms with Crippen molar-refractivity contribution in [3.63, 3.8) is 0 Å². The van der Waals surface area contributed by atoms with Crippen molar-refractivity contribution in [2.75, 3.05) is 13.1 Å². The second-order valence-electron chi connectivity index (χ2n) is 4.15. The number of carbonyl (C=O) groups excluding carboxylic acids is 1. The van der Waals surface area contributed by atoms with Crippen LogP contribution >= 0.6 is 0 Å². The third-order valence-electron chi connectivity index (χ3n) is 3.33. The Kier molecular flexibility index (Phi) is 2.18. The summed E-state index contributed by atoms with van der Waals surface area (Å²) in [7, 11) is 0. The van der Waals surface area contributed by atoms with Crippen LogP contribution in [0, 0.1) is 5.92 Å². The molecular formula is C10H17NO. The van der Waals surface area contributed by atoms with Crippen LogP contribution in [-0.4, -0.2) is 29.8 Å². The van der Waals surface area contributed by atoms with Gasteiger partial charge in [0.1, 0.15) is 5.78 Å². The van der Waals surface area contributed by atoms with Crippen molar-refractivity contribution in [1.29, 1.82) is 0 Å². The summed E-state index contributed by atoms with van der Waals surface area (Å²) < 4.78 is 0. The molecule has 0 aromatic carbocycles. The highest BCUT2D eigenvalue weighted by molar-refractivity contribution is 5.80. The zero-order valence-electron chi connectivity index (χ0n) is 7.75. The summed E-state index contributed by atoms with van der Waals surface area (Å²) in [6.07, 6.45) is 4.17. The van der Waals surface area contributed by atoms with Gasteiger partial charge in [0.05, 0.1) is 0 Å². The molecule has 2 unspecified atom stereocenters. The van der Waals surface area contributed by atoms with Crippen LogP contribution in [0.15, 0.2) is 0 Å². The molecule has 0 aromatic heterocycles. The molecule has 2 atom stereocenters. The van der Waals surface area contributed by atoms with E-state index in [0.717, 1.165) is 25.3 Å². The monoisotopic (exact) mass is 167 g/mol. The van der Waals surface area contributed by atoms with Gasteiger partial charge in [-0.2, -0.15) is 0 Å². The number of piperidine rings is 1. The molecule has 2 heterocycles. The molecule has 68 valence electrons. The molecule has 0 aromatic rings. The minimum absolute atomic E-state index is 0.480. The first-order chi connectivity index (χ1) is 5.79. The maximum atomic E-state index is 11.2. The maximum absolute atomic E-state index is 11.2. The molecule has 0 bridgehead atoms. The van der Waals surface area contributed by atoms with Gasteiger partial charge in [0.2, 0.25) is 0 Å². The van der Waals surface area contributed by atoms with Crippen molar-refractivity contribution in [3.8, 4) is 0 Å². The summed E-state index contributed by atoms with van der Waals surface area (Å²) in [6.45, 7) is 4.53. The minimum atomic E-state index is 0.480. The molecule has 2 saturated heterocycles. The largest absolute Gasteiger partial charge is 0.300 e. The second-order valence-corrected chi connectivity index (χ2v) is 4.15. The highest BCUT2D eigenvalue weighted by atomic mass is 16.1. The number of ketones is 1. The number of carbonyl (C=O) groups is 1. The topological polar surface area (TPSA) is 20.3 Å². The van der Waals surface area contributed by atoms with E-state index in [1.165, 1.54) is 19.4 Å². The van der Waals surface area contributed by atoms with Crippen molar-refractivity contribution in [2.45, 2.75) is 38.6 Å². The Bertz CT molecular complexity index is 190. The number of rotatable bonds is 1. The summed E-state index contributed by atoms with van der Waals surface area (Å²) in [4.78, 5) is 13.7. The molecule has 2 fully saturated rings. The minimum Gasteiger partial charge on any atom is -0.300 e. The van der Waals surface area contributed by atoms with E-state index >= 15 is 0 Å². The van der Waals surface area contributed by atoms with Crippen LogP contribution in [0.3, 0.4) is 0 Å². The number of nitrogens with zero attached hydrogens (tertiary/aromatic N) is 1. The van der Waals surface area contributed by atoms with Crippen LogP contribution in [0.2, 0.25) is 0 Å². The lowest BCUT2D eigenvalue weighted by molar-refractivity contribution is -0.122. The Morgan fingerprint density at radius 3 is 3.17 bits per heavy atom. The Balaban J connectivity index is 1.97. The average Bonchev–Trinajstić information content (AvgIpc) is 2.46. The van der Waals surface area contributed by atoms with E-state index in [0.29, 0.717) is 11.8 Å². The highest BCUT2D eigenvalue weighted by Crippen LogP contribution is 2.30. The molecular weight excluding hydrogens is 150 g/mol. The summed E-state index contributed by atoms with van der Waals surface area (Å²) in [5, 5.41) is 0. The van der Waals surface area contributed by atoms with E-state index in [1.807, 2.05) is 0 Å². The smallest absolute Gasteiger partial charge is 0.135 e. The van der Waals surface area contributed by atoms with Crippen LogP contribution in [0.1, 0.15) is 32.6 Å².